The third-order valence-electron chi connectivity index (χ3n) is 2.46. The Morgan fingerprint density at radius 2 is 1.75 bits per heavy atom. The molecule has 0 aliphatic rings. The quantitative estimate of drug-likeness (QED) is 0.620. The fraction of sp³-hybridized carbons (Fsp3) is 0.889. The van der Waals surface area contributed by atoms with Crippen LogP contribution in [0.25, 0.3) is 0 Å². The highest BCUT2D eigenvalue weighted by Gasteiger charge is 2.38. The van der Waals surface area contributed by atoms with Crippen LogP contribution in [0.4, 0.5) is 0 Å². The first-order chi connectivity index (χ1) is 5.20. The lowest BCUT2D eigenvalue weighted by atomic mass is 10.2. The van der Waals surface area contributed by atoms with Crippen LogP contribution in [-0.2, 0) is 4.43 Å². The van der Waals surface area contributed by atoms with E-state index in [-0.39, 0.29) is 11.1 Å². The van der Waals surface area contributed by atoms with Crippen molar-refractivity contribution in [1.82, 2.24) is 0 Å². The summed E-state index contributed by atoms with van der Waals surface area (Å²) >= 11 is 0. The van der Waals surface area contributed by atoms with Crippen LogP contribution in [0.1, 0.15) is 27.7 Å². The second kappa shape index (κ2) is 3.59. The maximum atomic E-state index is 8.61. The van der Waals surface area contributed by atoms with Crippen molar-refractivity contribution in [2.75, 3.05) is 0 Å². The summed E-state index contributed by atoms with van der Waals surface area (Å²) in [5.74, 6) is 0. The third-order valence-corrected chi connectivity index (χ3v) is 7.01. The van der Waals surface area contributed by atoms with E-state index in [1.807, 2.05) is 0 Å². The molecule has 0 aliphatic carbocycles. The molecule has 70 valence electrons. The minimum absolute atomic E-state index is 0.193. The normalized spacial score (nSPS) is 15.4. The third kappa shape index (κ3) is 2.96. The van der Waals surface area contributed by atoms with Gasteiger partial charge in [0.1, 0.15) is 6.10 Å². The van der Waals surface area contributed by atoms with Gasteiger partial charge in [-0.15, -0.1) is 0 Å². The second-order valence-electron chi connectivity index (χ2n) is 4.65. The zero-order valence-corrected chi connectivity index (χ0v) is 9.93. The van der Waals surface area contributed by atoms with Crippen LogP contribution in [0.3, 0.4) is 0 Å². The van der Waals surface area contributed by atoms with Gasteiger partial charge in [0, 0.05) is 0 Å². The topological polar surface area (TPSA) is 33.0 Å². The molecule has 0 aromatic carbocycles. The van der Waals surface area contributed by atoms with E-state index < -0.39 is 8.32 Å². The Kier molecular flexibility index (Phi) is 3.49. The van der Waals surface area contributed by atoms with Crippen molar-refractivity contribution in [1.29, 1.82) is 5.26 Å². The Bertz CT molecular complexity index is 188. The minimum atomic E-state index is -1.71. The summed E-state index contributed by atoms with van der Waals surface area (Å²) < 4.78 is 5.73. The highest BCUT2D eigenvalue weighted by atomic mass is 28.4. The van der Waals surface area contributed by atoms with Crippen LogP contribution < -0.4 is 0 Å². The van der Waals surface area contributed by atoms with Gasteiger partial charge in [-0.3, -0.25) is 0 Å². The Labute approximate surface area is 76.7 Å². The molecule has 0 spiro atoms. The molecule has 0 saturated heterocycles. The average Bonchev–Trinajstić information content (AvgIpc) is 1.84. The molecule has 0 radical (unpaired) electrons. The summed E-state index contributed by atoms with van der Waals surface area (Å²) in [7, 11) is -1.71. The highest BCUT2D eigenvalue weighted by molar-refractivity contribution is 6.74. The van der Waals surface area contributed by atoms with Gasteiger partial charge in [-0.25, -0.2) is 0 Å². The van der Waals surface area contributed by atoms with Crippen LogP contribution >= 0.6 is 0 Å². The van der Waals surface area contributed by atoms with Gasteiger partial charge in [0.15, 0.2) is 8.32 Å². The van der Waals surface area contributed by atoms with Gasteiger partial charge in [-0.2, -0.15) is 5.26 Å². The van der Waals surface area contributed by atoms with Crippen molar-refractivity contribution in [3.05, 3.63) is 0 Å². The van der Waals surface area contributed by atoms with Gasteiger partial charge in [-0.05, 0) is 25.1 Å². The molecule has 1 unspecified atom stereocenters. The monoisotopic (exact) mass is 185 g/mol. The molecular formula is C9H19NOSi. The molecule has 0 saturated carbocycles. The molecule has 0 aliphatic heterocycles. The first-order valence-corrected chi connectivity index (χ1v) is 7.19. The Morgan fingerprint density at radius 3 is 2.00 bits per heavy atom. The van der Waals surface area contributed by atoms with Gasteiger partial charge >= 0.3 is 0 Å². The molecular weight excluding hydrogens is 166 g/mol. The van der Waals surface area contributed by atoms with E-state index in [2.05, 4.69) is 39.9 Å². The number of nitrogens with zero attached hydrogens (tertiary/aromatic N) is 1. The lowest BCUT2D eigenvalue weighted by molar-refractivity contribution is 0.249. The summed E-state index contributed by atoms with van der Waals surface area (Å²) in [5.41, 5.74) is 0. The molecule has 0 rings (SSSR count). The predicted molar refractivity (Wildman–Crippen MR) is 53.4 cm³/mol. The molecule has 0 amide bonds. The van der Waals surface area contributed by atoms with E-state index in [0.29, 0.717) is 0 Å². The van der Waals surface area contributed by atoms with E-state index in [1.165, 1.54) is 0 Å². The summed E-state index contributed by atoms with van der Waals surface area (Å²) in [6.45, 7) is 12.6. The van der Waals surface area contributed by atoms with Crippen molar-refractivity contribution < 1.29 is 4.43 Å². The zero-order chi connectivity index (χ0) is 9.99. The Balaban J connectivity index is 4.35. The standard InChI is InChI=1S/C9H19NOSi/c1-8(7-10)11-12(5,6)9(2,3)4/h8H,1-6H3. The molecule has 2 nitrogen and oxygen atoms in total. The molecule has 3 heteroatoms. The lowest BCUT2D eigenvalue weighted by Crippen LogP contribution is -2.42. The number of nitriles is 1. The molecule has 0 aromatic rings. The van der Waals surface area contributed by atoms with E-state index in [9.17, 15) is 0 Å². The summed E-state index contributed by atoms with van der Waals surface area (Å²) in [4.78, 5) is 0. The predicted octanol–water partition coefficient (Wildman–Crippen LogP) is 2.92. The zero-order valence-electron chi connectivity index (χ0n) is 8.93. The summed E-state index contributed by atoms with van der Waals surface area (Å²) in [6, 6.07) is 2.11. The average molecular weight is 185 g/mol. The SMILES string of the molecule is CC(C#N)O[Si](C)(C)C(C)(C)C. The molecule has 12 heavy (non-hydrogen) atoms. The molecule has 0 heterocycles. The van der Waals surface area contributed by atoms with Crippen LogP contribution in [0.2, 0.25) is 18.1 Å². The van der Waals surface area contributed by atoms with Gasteiger partial charge < -0.3 is 4.43 Å². The fourth-order valence-electron chi connectivity index (χ4n) is 0.645. The summed E-state index contributed by atoms with van der Waals surface area (Å²) in [6.07, 6.45) is -0.272. The van der Waals surface area contributed by atoms with Crippen molar-refractivity contribution in [3.8, 4) is 6.07 Å². The fourth-order valence-corrected chi connectivity index (χ4v) is 1.94. The maximum Gasteiger partial charge on any atom is 0.193 e. The second-order valence-corrected chi connectivity index (χ2v) is 9.41. The number of rotatable bonds is 2. The van der Waals surface area contributed by atoms with Gasteiger partial charge in [0.2, 0.25) is 0 Å². The largest absolute Gasteiger partial charge is 0.401 e. The molecule has 0 fully saturated rings. The number of hydrogen-bond acceptors (Lipinski definition) is 2. The number of hydrogen-bond donors (Lipinski definition) is 0. The summed E-state index contributed by atoms with van der Waals surface area (Å²) in [5, 5.41) is 8.80. The van der Waals surface area contributed by atoms with Crippen molar-refractivity contribution in [2.45, 2.75) is 51.9 Å². The van der Waals surface area contributed by atoms with E-state index in [4.69, 9.17) is 9.69 Å². The molecule has 0 bridgehead atoms. The first-order valence-electron chi connectivity index (χ1n) is 4.28. The molecule has 1 atom stereocenters. The minimum Gasteiger partial charge on any atom is -0.401 e. The van der Waals surface area contributed by atoms with Crippen LogP contribution in [0.5, 0.6) is 0 Å². The van der Waals surface area contributed by atoms with E-state index in [1.54, 1.807) is 6.92 Å². The van der Waals surface area contributed by atoms with Gasteiger partial charge in [-0.1, -0.05) is 20.8 Å². The smallest absolute Gasteiger partial charge is 0.193 e. The molecule has 0 N–H and O–H groups in total. The lowest BCUT2D eigenvalue weighted by Gasteiger charge is -2.36. The van der Waals surface area contributed by atoms with Crippen LogP contribution in [0.15, 0.2) is 0 Å². The van der Waals surface area contributed by atoms with Crippen molar-refractivity contribution in [2.24, 2.45) is 0 Å². The van der Waals surface area contributed by atoms with Crippen LogP contribution in [0, 0.1) is 11.3 Å². The van der Waals surface area contributed by atoms with Crippen LogP contribution in [-0.4, -0.2) is 14.4 Å². The molecule has 0 aromatic heterocycles. The van der Waals surface area contributed by atoms with Gasteiger partial charge in [0.05, 0.1) is 6.07 Å². The van der Waals surface area contributed by atoms with E-state index >= 15 is 0 Å². The maximum absolute atomic E-state index is 8.61. The van der Waals surface area contributed by atoms with Gasteiger partial charge in [0.25, 0.3) is 0 Å². The van der Waals surface area contributed by atoms with Crippen molar-refractivity contribution >= 4 is 8.32 Å². The Hall–Kier alpha value is -0.333. The van der Waals surface area contributed by atoms with E-state index in [0.717, 1.165) is 0 Å². The highest BCUT2D eigenvalue weighted by Crippen LogP contribution is 2.37. The first kappa shape index (κ1) is 11.7. The Morgan fingerprint density at radius 1 is 1.33 bits per heavy atom. The van der Waals surface area contributed by atoms with Crippen molar-refractivity contribution in [3.63, 3.8) is 0 Å².